The number of carboxylic acids is 3. The average Bonchev–Trinajstić information content (AvgIpc) is 3.74. The van der Waals surface area contributed by atoms with Crippen LogP contribution in [0.4, 0.5) is 0 Å². The molecule has 1 aromatic rings. The maximum atomic E-state index is 13.4. The van der Waals surface area contributed by atoms with E-state index in [4.69, 9.17) is 22.4 Å². The molecule has 0 aromatic heterocycles. The first kappa shape index (κ1) is 31.9. The molecule has 6 N–H and O–H groups in total. The molecule has 4 atom stereocenters. The van der Waals surface area contributed by atoms with E-state index in [-0.39, 0.29) is 35.5 Å². The molecule has 1 aliphatic heterocycles. The zero-order valence-corrected chi connectivity index (χ0v) is 23.9. The van der Waals surface area contributed by atoms with E-state index in [1.165, 1.54) is 10.8 Å². The predicted molar refractivity (Wildman–Crippen MR) is 152 cm³/mol. The molecular formula is C26H32ClN3O8S2. The highest BCUT2D eigenvalue weighted by molar-refractivity contribution is 8.77. The smallest absolute Gasteiger partial charge is 0.328 e. The van der Waals surface area contributed by atoms with Gasteiger partial charge >= 0.3 is 17.9 Å². The Morgan fingerprint density at radius 1 is 1.10 bits per heavy atom. The Morgan fingerprint density at radius 2 is 1.80 bits per heavy atom. The third-order valence-electron chi connectivity index (χ3n) is 6.65. The predicted octanol–water partition coefficient (Wildman–Crippen LogP) is 2.42. The van der Waals surface area contributed by atoms with Gasteiger partial charge in [-0.05, 0) is 42.9 Å². The van der Waals surface area contributed by atoms with Crippen LogP contribution in [-0.4, -0.2) is 85.5 Å². The lowest BCUT2D eigenvalue weighted by Crippen LogP contribution is -2.50. The first-order valence-corrected chi connectivity index (χ1v) is 15.5. The fourth-order valence-electron chi connectivity index (χ4n) is 4.38. The van der Waals surface area contributed by atoms with Crippen LogP contribution >= 0.6 is 33.2 Å². The minimum Gasteiger partial charge on any atom is -0.480 e. The summed E-state index contributed by atoms with van der Waals surface area (Å²) >= 11 is 6.37. The van der Waals surface area contributed by atoms with Gasteiger partial charge in [0.15, 0.2) is 5.78 Å². The summed E-state index contributed by atoms with van der Waals surface area (Å²) in [6, 6.07) is 4.08. The van der Waals surface area contributed by atoms with E-state index in [1.807, 2.05) is 23.1 Å². The van der Waals surface area contributed by atoms with Crippen molar-refractivity contribution in [3.8, 4) is 0 Å². The first-order valence-electron chi connectivity index (χ1n) is 12.7. The average molecular weight is 614 g/mol. The summed E-state index contributed by atoms with van der Waals surface area (Å²) in [6.45, 7) is 0.884. The minimum absolute atomic E-state index is 0.0231. The molecule has 0 bridgehead atoms. The Kier molecular flexibility index (Phi) is 11.9. The number of Topliss-reactive ketones (excluding diaryl/α,β-unsaturated/α-hetero) is 1. The van der Waals surface area contributed by atoms with Crippen LogP contribution in [0.15, 0.2) is 35.9 Å². The number of aliphatic carboxylic acids is 3. The molecular weight excluding hydrogens is 582 g/mol. The zero-order chi connectivity index (χ0) is 29.4. The number of halogens is 1. The van der Waals surface area contributed by atoms with Gasteiger partial charge in [-0.3, -0.25) is 19.3 Å². The SMILES string of the molecule is NC(CCC(=O)NC(CSSC1CCN(Cc2ccccc2Cl)C(C(=O)C2CC2)/C1=C/C(=O)O)C(=O)O)C(=O)O. The lowest BCUT2D eigenvalue weighted by Gasteiger charge is -2.40. The second kappa shape index (κ2) is 14.9. The van der Waals surface area contributed by atoms with Gasteiger partial charge in [-0.25, -0.2) is 9.59 Å². The Bertz CT molecular complexity index is 1160. The summed E-state index contributed by atoms with van der Waals surface area (Å²) < 4.78 is 0. The topological polar surface area (TPSA) is 187 Å². The summed E-state index contributed by atoms with van der Waals surface area (Å²) in [5, 5.41) is 30.6. The van der Waals surface area contributed by atoms with Gasteiger partial charge in [0.2, 0.25) is 5.91 Å². The Labute approximate surface area is 244 Å². The van der Waals surface area contributed by atoms with Crippen molar-refractivity contribution in [3.05, 3.63) is 46.5 Å². The summed E-state index contributed by atoms with van der Waals surface area (Å²) in [4.78, 5) is 61.9. The lowest BCUT2D eigenvalue weighted by molar-refractivity contribution is -0.141. The second-order valence-corrected chi connectivity index (χ2v) is 12.7. The van der Waals surface area contributed by atoms with Crippen molar-refractivity contribution < 1.29 is 39.3 Å². The van der Waals surface area contributed by atoms with Crippen LogP contribution in [-0.2, 0) is 30.5 Å². The van der Waals surface area contributed by atoms with Crippen molar-refractivity contribution in [2.75, 3.05) is 12.3 Å². The molecule has 1 saturated heterocycles. The fraction of sp³-hybridized carbons (Fsp3) is 0.500. The van der Waals surface area contributed by atoms with Crippen molar-refractivity contribution in [1.82, 2.24) is 10.2 Å². The number of nitrogens with one attached hydrogen (secondary N) is 1. The third-order valence-corrected chi connectivity index (χ3v) is 9.88. The van der Waals surface area contributed by atoms with Gasteiger partial charge in [-0.2, -0.15) is 0 Å². The van der Waals surface area contributed by atoms with E-state index in [0.717, 1.165) is 35.3 Å². The van der Waals surface area contributed by atoms with Crippen molar-refractivity contribution in [2.24, 2.45) is 11.7 Å². The third kappa shape index (κ3) is 9.23. The van der Waals surface area contributed by atoms with Crippen LogP contribution in [0.3, 0.4) is 0 Å². The molecule has 0 spiro atoms. The number of benzene rings is 1. The van der Waals surface area contributed by atoms with Gasteiger partial charge in [-0.15, -0.1) is 0 Å². The number of carboxylic acid groups (broad SMARTS) is 3. The summed E-state index contributed by atoms with van der Waals surface area (Å²) in [6.07, 6.45) is 2.76. The number of ketones is 1. The van der Waals surface area contributed by atoms with Gasteiger partial charge < -0.3 is 26.4 Å². The number of rotatable bonds is 15. The molecule has 14 heteroatoms. The molecule has 1 aliphatic carbocycles. The molecule has 1 aromatic carbocycles. The molecule has 2 aliphatic rings. The summed E-state index contributed by atoms with van der Waals surface area (Å²) in [7, 11) is 2.44. The van der Waals surface area contributed by atoms with Crippen LogP contribution in [0.5, 0.6) is 0 Å². The second-order valence-electron chi connectivity index (χ2n) is 9.72. The van der Waals surface area contributed by atoms with E-state index < -0.39 is 41.9 Å². The number of carbonyl (C=O) groups is 5. The molecule has 4 unspecified atom stereocenters. The van der Waals surface area contributed by atoms with Gasteiger partial charge in [0, 0.05) is 47.5 Å². The number of nitrogens with zero attached hydrogens (tertiary/aromatic N) is 1. The maximum Gasteiger partial charge on any atom is 0.328 e. The highest BCUT2D eigenvalue weighted by Gasteiger charge is 2.44. The minimum atomic E-state index is -1.26. The number of nitrogens with two attached hydrogens (primary N) is 1. The normalized spacial score (nSPS) is 21.9. The quantitative estimate of drug-likeness (QED) is 0.144. The van der Waals surface area contributed by atoms with Crippen molar-refractivity contribution in [3.63, 3.8) is 0 Å². The van der Waals surface area contributed by atoms with Crippen LogP contribution in [0, 0.1) is 5.92 Å². The molecule has 11 nitrogen and oxygen atoms in total. The first-order chi connectivity index (χ1) is 19.0. The van der Waals surface area contributed by atoms with E-state index in [2.05, 4.69) is 5.32 Å². The van der Waals surface area contributed by atoms with E-state index in [9.17, 15) is 34.2 Å². The highest BCUT2D eigenvalue weighted by Crippen LogP contribution is 2.43. The largest absolute Gasteiger partial charge is 0.480 e. The van der Waals surface area contributed by atoms with E-state index >= 15 is 0 Å². The van der Waals surface area contributed by atoms with Crippen LogP contribution < -0.4 is 11.1 Å². The number of likely N-dealkylation sites (tertiary alicyclic amines) is 1. The van der Waals surface area contributed by atoms with Crippen molar-refractivity contribution in [1.29, 1.82) is 0 Å². The lowest BCUT2D eigenvalue weighted by atomic mass is 9.89. The van der Waals surface area contributed by atoms with Gasteiger partial charge in [-0.1, -0.05) is 51.4 Å². The number of hydrogen-bond donors (Lipinski definition) is 5. The van der Waals surface area contributed by atoms with Crippen LogP contribution in [0.1, 0.15) is 37.7 Å². The summed E-state index contributed by atoms with van der Waals surface area (Å²) in [5.41, 5.74) is 6.68. The number of piperidine rings is 1. The highest BCUT2D eigenvalue weighted by atomic mass is 35.5. The Hall–Kier alpha value is -2.58. The van der Waals surface area contributed by atoms with Crippen LogP contribution in [0.25, 0.3) is 0 Å². The molecule has 1 heterocycles. The molecule has 1 saturated carbocycles. The molecule has 3 rings (SSSR count). The number of amides is 1. The van der Waals surface area contributed by atoms with E-state index in [1.54, 1.807) is 6.07 Å². The maximum absolute atomic E-state index is 13.4. The molecule has 40 heavy (non-hydrogen) atoms. The number of carbonyl (C=O) groups excluding carboxylic acids is 2. The van der Waals surface area contributed by atoms with Crippen LogP contribution in [0.2, 0.25) is 5.02 Å². The van der Waals surface area contributed by atoms with Crippen molar-refractivity contribution in [2.45, 2.75) is 62.0 Å². The van der Waals surface area contributed by atoms with Gasteiger partial charge in [0.05, 0.1) is 6.04 Å². The Balaban J connectivity index is 1.69. The molecule has 0 radical (unpaired) electrons. The fourth-order valence-corrected chi connectivity index (χ4v) is 7.44. The van der Waals surface area contributed by atoms with Gasteiger partial charge in [0.1, 0.15) is 12.1 Å². The molecule has 2 fully saturated rings. The van der Waals surface area contributed by atoms with Gasteiger partial charge in [0.25, 0.3) is 0 Å². The standard InChI is InChI=1S/C26H32ClN3O8S2/c27-17-4-2-1-3-15(17)12-30-10-9-20(16(11-22(32)33)23(30)24(34)14-5-6-14)40-39-13-19(26(37)38)29-21(31)8-7-18(28)25(35)36/h1-4,11,14,18-20,23H,5-10,12-13,28H2,(H,29,31)(H,32,33)(H,35,36)(H,37,38)/b16-11+. The summed E-state index contributed by atoms with van der Waals surface area (Å²) in [5.74, 6) is -4.49. The number of hydrogen-bond acceptors (Lipinski definition) is 9. The molecule has 1 amide bonds. The zero-order valence-electron chi connectivity index (χ0n) is 21.5. The molecule has 218 valence electrons. The van der Waals surface area contributed by atoms with Crippen molar-refractivity contribution >= 4 is 62.8 Å². The van der Waals surface area contributed by atoms with E-state index in [0.29, 0.717) is 30.1 Å². The monoisotopic (exact) mass is 613 g/mol. The Morgan fingerprint density at radius 3 is 2.40 bits per heavy atom.